The van der Waals surface area contributed by atoms with E-state index in [4.69, 9.17) is 14.2 Å². The quantitative estimate of drug-likeness (QED) is 0.0261. The zero-order valence-electron chi connectivity index (χ0n) is 52.4. The third-order valence-corrected chi connectivity index (χ3v) is 14.9. The first-order valence-corrected chi connectivity index (χ1v) is 34.1. The summed E-state index contributed by atoms with van der Waals surface area (Å²) in [5.41, 5.74) is 0. The third kappa shape index (κ3) is 65.3. The molecule has 0 aromatic rings. The first-order chi connectivity index (χ1) is 39.0. The van der Waals surface area contributed by atoms with Gasteiger partial charge in [-0.2, -0.15) is 0 Å². The van der Waals surface area contributed by atoms with Crippen molar-refractivity contribution < 1.29 is 28.6 Å². The summed E-state index contributed by atoms with van der Waals surface area (Å²) in [6.45, 7) is 6.52. The van der Waals surface area contributed by atoms with Crippen molar-refractivity contribution in [3.63, 3.8) is 0 Å². The fourth-order valence-electron chi connectivity index (χ4n) is 9.80. The summed E-state index contributed by atoms with van der Waals surface area (Å²) in [4.78, 5) is 38.1. The zero-order chi connectivity index (χ0) is 57.1. The first-order valence-electron chi connectivity index (χ1n) is 34.1. The topological polar surface area (TPSA) is 78.9 Å². The molecule has 0 N–H and O–H groups in total. The average molecular weight is 1100 g/mol. The Bertz CT molecular complexity index is 1500. The van der Waals surface area contributed by atoms with E-state index >= 15 is 0 Å². The van der Waals surface area contributed by atoms with Gasteiger partial charge in [0.25, 0.3) is 0 Å². The van der Waals surface area contributed by atoms with E-state index in [-0.39, 0.29) is 31.1 Å². The van der Waals surface area contributed by atoms with Crippen molar-refractivity contribution >= 4 is 17.9 Å². The number of carbonyl (C=O) groups is 3. The van der Waals surface area contributed by atoms with Crippen LogP contribution >= 0.6 is 0 Å². The minimum absolute atomic E-state index is 0.0731. The molecule has 0 aliphatic carbocycles. The Morgan fingerprint density at radius 2 is 0.494 bits per heavy atom. The molecule has 0 rings (SSSR count). The predicted octanol–water partition coefficient (Wildman–Crippen LogP) is 23.4. The molecule has 0 aromatic carbocycles. The van der Waals surface area contributed by atoms with Crippen molar-refractivity contribution in [3.8, 4) is 0 Å². The lowest BCUT2D eigenvalue weighted by Crippen LogP contribution is -2.30. The maximum Gasteiger partial charge on any atom is 0.306 e. The van der Waals surface area contributed by atoms with Crippen LogP contribution in [-0.2, 0) is 28.6 Å². The van der Waals surface area contributed by atoms with Gasteiger partial charge in [-0.15, -0.1) is 0 Å². The van der Waals surface area contributed by atoms with Crippen LogP contribution in [0.3, 0.4) is 0 Å². The van der Waals surface area contributed by atoms with E-state index in [0.717, 1.165) is 96.3 Å². The van der Waals surface area contributed by atoms with Crippen molar-refractivity contribution in [3.05, 3.63) is 85.1 Å². The molecule has 0 aliphatic rings. The lowest BCUT2D eigenvalue weighted by Gasteiger charge is -2.18. The number of rotatable bonds is 62. The van der Waals surface area contributed by atoms with Gasteiger partial charge in [0.05, 0.1) is 0 Å². The van der Waals surface area contributed by atoms with Gasteiger partial charge in [0.15, 0.2) is 6.10 Å². The largest absolute Gasteiger partial charge is 0.462 e. The Hall–Kier alpha value is -3.41. The van der Waals surface area contributed by atoms with Gasteiger partial charge in [-0.05, 0) is 96.3 Å². The highest BCUT2D eigenvalue weighted by molar-refractivity contribution is 5.71. The summed E-state index contributed by atoms with van der Waals surface area (Å²) in [5.74, 6) is -0.867. The summed E-state index contributed by atoms with van der Waals surface area (Å²) >= 11 is 0. The van der Waals surface area contributed by atoms with Crippen LogP contribution in [0, 0.1) is 0 Å². The number of esters is 3. The fraction of sp³-hybridized carbons (Fsp3) is 0.767. The molecule has 79 heavy (non-hydrogen) atoms. The molecule has 0 radical (unpaired) electrons. The summed E-state index contributed by atoms with van der Waals surface area (Å²) in [6.07, 6.45) is 89.2. The highest BCUT2D eigenvalue weighted by Crippen LogP contribution is 2.17. The van der Waals surface area contributed by atoms with Gasteiger partial charge >= 0.3 is 17.9 Å². The van der Waals surface area contributed by atoms with E-state index in [9.17, 15) is 14.4 Å². The predicted molar refractivity (Wildman–Crippen MR) is 344 cm³/mol. The maximum atomic E-state index is 12.9. The number of ether oxygens (including phenoxy) is 3. The number of hydrogen-bond donors (Lipinski definition) is 0. The smallest absolute Gasteiger partial charge is 0.306 e. The molecule has 1 atom stereocenters. The molecule has 6 nitrogen and oxygen atoms in total. The molecule has 0 saturated carbocycles. The van der Waals surface area contributed by atoms with E-state index < -0.39 is 6.10 Å². The highest BCUT2D eigenvalue weighted by Gasteiger charge is 2.19. The molecular weight excluding hydrogens is 973 g/mol. The van der Waals surface area contributed by atoms with Crippen molar-refractivity contribution in [1.82, 2.24) is 0 Å². The van der Waals surface area contributed by atoms with Gasteiger partial charge < -0.3 is 14.2 Å². The summed E-state index contributed by atoms with van der Waals surface area (Å²) in [6, 6.07) is 0. The minimum atomic E-state index is -0.774. The Kier molecular flexibility index (Phi) is 64.2. The van der Waals surface area contributed by atoms with Crippen LogP contribution in [0.25, 0.3) is 0 Å². The number of allylic oxidation sites excluding steroid dienone is 14. The summed E-state index contributed by atoms with van der Waals surface area (Å²) in [7, 11) is 0. The summed E-state index contributed by atoms with van der Waals surface area (Å²) < 4.78 is 16.9. The molecule has 0 heterocycles. The summed E-state index contributed by atoms with van der Waals surface area (Å²) in [5, 5.41) is 0. The Morgan fingerprint density at radius 3 is 0.785 bits per heavy atom. The van der Waals surface area contributed by atoms with E-state index in [2.05, 4.69) is 106 Å². The molecular formula is C73H128O6. The van der Waals surface area contributed by atoms with Gasteiger partial charge in [0.1, 0.15) is 13.2 Å². The zero-order valence-corrected chi connectivity index (χ0v) is 52.4. The lowest BCUT2D eigenvalue weighted by atomic mass is 10.0. The monoisotopic (exact) mass is 1100 g/mol. The maximum absolute atomic E-state index is 12.9. The second-order valence-electron chi connectivity index (χ2n) is 22.7. The minimum Gasteiger partial charge on any atom is -0.462 e. The molecule has 0 aromatic heterocycles. The second-order valence-corrected chi connectivity index (χ2v) is 22.7. The van der Waals surface area contributed by atoms with Crippen LogP contribution in [0.1, 0.15) is 342 Å². The van der Waals surface area contributed by atoms with E-state index in [1.807, 2.05) is 0 Å². The first kappa shape index (κ1) is 75.6. The average Bonchev–Trinajstić information content (AvgIpc) is 3.45. The molecule has 1 unspecified atom stereocenters. The van der Waals surface area contributed by atoms with Crippen molar-refractivity contribution in [1.29, 1.82) is 0 Å². The standard InChI is InChI=1S/C73H128O6/c1-4-7-10-13-16-18-20-22-24-26-28-30-31-32-33-34-35-36-37-38-39-40-41-43-44-46-48-50-52-54-57-60-63-66-72(75)78-69-70(68-77-71(74)65-62-59-56-15-12-9-6-3)79-73(76)67-64-61-58-55-53-51-49-47-45-42-29-27-25-23-21-19-17-14-11-8-5-2/h7,10,16,18,22,24,27-30,32-33,35-36,70H,4-6,8-9,11-15,17,19-21,23,25-26,31,34,37-69H2,1-3H3/b10-7-,18-16-,24-22-,29-27-,30-28-,33-32-,36-35-. The SMILES string of the molecule is CC/C=C\C/C=C\C/C=C\C/C=C\C/C=C\C/C=C\CCCCCCCCCCCCCCCCC(=O)OCC(COC(=O)CCCCCCCCC)OC(=O)CCCCCCCCCCC/C=C\CCCCCCCCCC. The lowest BCUT2D eigenvalue weighted by molar-refractivity contribution is -0.167. The molecule has 0 saturated heterocycles. The van der Waals surface area contributed by atoms with Crippen molar-refractivity contribution in [2.45, 2.75) is 348 Å². The van der Waals surface area contributed by atoms with Crippen LogP contribution in [0.2, 0.25) is 0 Å². The number of unbranched alkanes of at least 4 members (excludes halogenated alkanes) is 37. The van der Waals surface area contributed by atoms with E-state index in [0.29, 0.717) is 19.3 Å². The van der Waals surface area contributed by atoms with Crippen LogP contribution in [0.5, 0.6) is 0 Å². The molecule has 0 bridgehead atoms. The molecule has 0 fully saturated rings. The van der Waals surface area contributed by atoms with E-state index in [1.165, 1.54) is 205 Å². The third-order valence-electron chi connectivity index (χ3n) is 14.9. The van der Waals surface area contributed by atoms with Gasteiger partial charge in [0, 0.05) is 19.3 Å². The fourth-order valence-corrected chi connectivity index (χ4v) is 9.80. The van der Waals surface area contributed by atoms with Crippen LogP contribution < -0.4 is 0 Å². The van der Waals surface area contributed by atoms with Crippen LogP contribution in [-0.4, -0.2) is 37.2 Å². The molecule has 6 heteroatoms. The Labute approximate surface area is 490 Å². The van der Waals surface area contributed by atoms with Crippen LogP contribution in [0.15, 0.2) is 85.1 Å². The number of carbonyl (C=O) groups excluding carboxylic acids is 3. The van der Waals surface area contributed by atoms with Gasteiger partial charge in [0.2, 0.25) is 0 Å². The van der Waals surface area contributed by atoms with Crippen LogP contribution in [0.4, 0.5) is 0 Å². The van der Waals surface area contributed by atoms with Crippen molar-refractivity contribution in [2.75, 3.05) is 13.2 Å². The molecule has 456 valence electrons. The normalized spacial score (nSPS) is 12.6. The second kappa shape index (κ2) is 67.1. The van der Waals surface area contributed by atoms with Gasteiger partial charge in [-0.1, -0.05) is 311 Å². The molecule has 0 amide bonds. The van der Waals surface area contributed by atoms with Gasteiger partial charge in [-0.25, -0.2) is 0 Å². The highest BCUT2D eigenvalue weighted by atomic mass is 16.6. The molecule has 0 spiro atoms. The Morgan fingerprint density at radius 1 is 0.266 bits per heavy atom. The number of hydrogen-bond acceptors (Lipinski definition) is 6. The molecule has 0 aliphatic heterocycles. The van der Waals surface area contributed by atoms with Gasteiger partial charge in [-0.3, -0.25) is 14.4 Å². The van der Waals surface area contributed by atoms with E-state index in [1.54, 1.807) is 0 Å². The Balaban J connectivity index is 4.06. The van der Waals surface area contributed by atoms with Crippen molar-refractivity contribution in [2.24, 2.45) is 0 Å².